The summed E-state index contributed by atoms with van der Waals surface area (Å²) in [5.41, 5.74) is -0.869. The molecular weight excluding hydrogens is 265 g/mol. The van der Waals surface area contributed by atoms with Crippen molar-refractivity contribution in [3.63, 3.8) is 0 Å². The van der Waals surface area contributed by atoms with Gasteiger partial charge in [0, 0.05) is 19.5 Å². The molecule has 0 aliphatic carbocycles. The molecule has 0 saturated heterocycles. The summed E-state index contributed by atoms with van der Waals surface area (Å²) in [7, 11) is 1.00. The normalized spacial score (nSPS) is 11.9. The van der Waals surface area contributed by atoms with Gasteiger partial charge in [0.1, 0.15) is 0 Å². The van der Waals surface area contributed by atoms with Gasteiger partial charge in [-0.05, 0) is 0 Å². The fraction of sp³-hybridized carbons (Fsp3) is 0.700. The second-order valence-corrected chi connectivity index (χ2v) is 4.33. The van der Waals surface area contributed by atoms with E-state index in [0.717, 1.165) is 7.05 Å². The minimum atomic E-state index is -4.68. The van der Waals surface area contributed by atoms with Crippen LogP contribution in [0.25, 0.3) is 0 Å². The smallest absolute Gasteiger partial charge is 0.354 e. The van der Waals surface area contributed by atoms with Gasteiger partial charge in [-0.3, -0.25) is 9.36 Å². The average molecular weight is 280 g/mol. The van der Waals surface area contributed by atoms with E-state index in [2.05, 4.69) is 10.4 Å². The number of alkyl halides is 3. The van der Waals surface area contributed by atoms with E-state index in [-0.39, 0.29) is 24.9 Å². The second-order valence-electron chi connectivity index (χ2n) is 4.33. The van der Waals surface area contributed by atoms with Crippen molar-refractivity contribution >= 4 is 5.91 Å². The molecule has 1 aromatic rings. The maximum Gasteiger partial charge on any atom is 0.451 e. The van der Waals surface area contributed by atoms with Crippen molar-refractivity contribution in [2.75, 3.05) is 6.54 Å². The van der Waals surface area contributed by atoms with Gasteiger partial charge in [0.25, 0.3) is 0 Å². The number of rotatable bonds is 4. The number of nitrogens with zero attached hydrogens (tertiary/aromatic N) is 3. The first-order valence-corrected chi connectivity index (χ1v) is 5.63. The van der Waals surface area contributed by atoms with E-state index in [1.165, 1.54) is 0 Å². The number of amides is 1. The first-order valence-electron chi connectivity index (χ1n) is 5.63. The minimum absolute atomic E-state index is 0.0469. The Bertz CT molecular complexity index is 516. The average Bonchev–Trinajstić information content (AvgIpc) is 2.56. The van der Waals surface area contributed by atoms with Gasteiger partial charge in [0.2, 0.25) is 11.7 Å². The van der Waals surface area contributed by atoms with Crippen LogP contribution in [0.3, 0.4) is 0 Å². The predicted octanol–water partition coefficient (Wildman–Crippen LogP) is 0.373. The quantitative estimate of drug-likeness (QED) is 0.866. The van der Waals surface area contributed by atoms with E-state index in [0.29, 0.717) is 9.25 Å². The van der Waals surface area contributed by atoms with E-state index >= 15 is 0 Å². The van der Waals surface area contributed by atoms with Crippen molar-refractivity contribution in [1.29, 1.82) is 0 Å². The lowest BCUT2D eigenvalue weighted by Crippen LogP contribution is -2.33. The Morgan fingerprint density at radius 3 is 2.42 bits per heavy atom. The van der Waals surface area contributed by atoms with E-state index in [1.807, 2.05) is 0 Å². The van der Waals surface area contributed by atoms with E-state index in [9.17, 15) is 22.8 Å². The molecule has 1 heterocycles. The Balaban J connectivity index is 2.76. The summed E-state index contributed by atoms with van der Waals surface area (Å²) < 4.78 is 38.6. The lowest BCUT2D eigenvalue weighted by Gasteiger charge is -2.06. The Kier molecular flexibility index (Phi) is 4.38. The van der Waals surface area contributed by atoms with Crippen molar-refractivity contribution in [1.82, 2.24) is 19.7 Å². The molecule has 1 amide bonds. The molecule has 108 valence electrons. The summed E-state index contributed by atoms with van der Waals surface area (Å²) in [5, 5.41) is 5.71. The fourth-order valence-corrected chi connectivity index (χ4v) is 1.37. The molecule has 0 aliphatic rings. The number of nitrogens with one attached hydrogen (secondary N) is 1. The summed E-state index contributed by atoms with van der Waals surface area (Å²) in [6.07, 6.45) is -4.68. The van der Waals surface area contributed by atoms with Crippen LogP contribution in [0.1, 0.15) is 19.7 Å². The summed E-state index contributed by atoms with van der Waals surface area (Å²) in [5.74, 6) is -1.72. The molecule has 0 bridgehead atoms. The zero-order valence-corrected chi connectivity index (χ0v) is 10.8. The SMILES string of the molecule is CC(C)C(=O)NCCn1nc(C(F)(F)F)n(C)c1=O. The molecule has 0 unspecified atom stereocenters. The van der Waals surface area contributed by atoms with Crippen molar-refractivity contribution in [3.05, 3.63) is 16.3 Å². The Labute approximate surface area is 107 Å². The maximum absolute atomic E-state index is 12.5. The fourth-order valence-electron chi connectivity index (χ4n) is 1.37. The number of carbonyl (C=O) groups excluding carboxylic acids is 1. The molecular formula is C10H15F3N4O2. The van der Waals surface area contributed by atoms with Gasteiger partial charge >= 0.3 is 11.9 Å². The highest BCUT2D eigenvalue weighted by Gasteiger charge is 2.37. The zero-order chi connectivity index (χ0) is 14.8. The van der Waals surface area contributed by atoms with Gasteiger partial charge in [-0.1, -0.05) is 13.8 Å². The van der Waals surface area contributed by atoms with Gasteiger partial charge in [-0.2, -0.15) is 13.2 Å². The van der Waals surface area contributed by atoms with Crippen LogP contribution in [0.4, 0.5) is 13.2 Å². The first-order chi connectivity index (χ1) is 8.64. The molecule has 1 N–H and O–H groups in total. The standard InChI is InChI=1S/C10H15F3N4O2/c1-6(2)7(18)14-4-5-17-9(19)16(3)8(15-17)10(11,12)13/h6H,4-5H2,1-3H3,(H,14,18). The minimum Gasteiger partial charge on any atom is -0.354 e. The van der Waals surface area contributed by atoms with Crippen LogP contribution >= 0.6 is 0 Å². The van der Waals surface area contributed by atoms with Crippen LogP contribution in [0.15, 0.2) is 4.79 Å². The molecule has 0 radical (unpaired) electrons. The third kappa shape index (κ3) is 3.58. The van der Waals surface area contributed by atoms with Crippen LogP contribution in [-0.2, 0) is 24.6 Å². The third-order valence-electron chi connectivity index (χ3n) is 2.44. The maximum atomic E-state index is 12.5. The van der Waals surface area contributed by atoms with Crippen LogP contribution in [0.5, 0.6) is 0 Å². The van der Waals surface area contributed by atoms with Crippen molar-refractivity contribution < 1.29 is 18.0 Å². The molecule has 9 heteroatoms. The summed E-state index contributed by atoms with van der Waals surface area (Å²) in [4.78, 5) is 22.7. The number of hydrogen-bond donors (Lipinski definition) is 1. The number of carbonyl (C=O) groups is 1. The Morgan fingerprint density at radius 2 is 2.00 bits per heavy atom. The van der Waals surface area contributed by atoms with Crippen LogP contribution in [-0.4, -0.2) is 26.8 Å². The first kappa shape index (κ1) is 15.3. The van der Waals surface area contributed by atoms with Crippen molar-refractivity contribution in [2.45, 2.75) is 26.6 Å². The lowest BCUT2D eigenvalue weighted by molar-refractivity contribution is -0.147. The second kappa shape index (κ2) is 5.45. The van der Waals surface area contributed by atoms with Gasteiger partial charge in [-0.25, -0.2) is 9.48 Å². The van der Waals surface area contributed by atoms with Gasteiger partial charge < -0.3 is 5.32 Å². The molecule has 0 saturated carbocycles. The molecule has 0 spiro atoms. The molecule has 0 fully saturated rings. The highest BCUT2D eigenvalue weighted by atomic mass is 19.4. The van der Waals surface area contributed by atoms with Gasteiger partial charge in [0.05, 0.1) is 6.54 Å². The molecule has 0 aliphatic heterocycles. The predicted molar refractivity (Wildman–Crippen MR) is 60.3 cm³/mol. The van der Waals surface area contributed by atoms with E-state index < -0.39 is 17.7 Å². The van der Waals surface area contributed by atoms with Crippen LogP contribution in [0, 0.1) is 5.92 Å². The number of halogens is 3. The van der Waals surface area contributed by atoms with Crippen LogP contribution < -0.4 is 11.0 Å². The van der Waals surface area contributed by atoms with Gasteiger partial charge in [-0.15, -0.1) is 5.10 Å². The number of hydrogen-bond acceptors (Lipinski definition) is 3. The Hall–Kier alpha value is -1.80. The molecule has 19 heavy (non-hydrogen) atoms. The summed E-state index contributed by atoms with van der Waals surface area (Å²) >= 11 is 0. The molecule has 6 nitrogen and oxygen atoms in total. The van der Waals surface area contributed by atoms with Crippen molar-refractivity contribution in [3.8, 4) is 0 Å². The molecule has 0 atom stereocenters. The topological polar surface area (TPSA) is 68.9 Å². The van der Waals surface area contributed by atoms with Crippen molar-refractivity contribution in [2.24, 2.45) is 13.0 Å². The van der Waals surface area contributed by atoms with E-state index in [4.69, 9.17) is 0 Å². The molecule has 0 aromatic carbocycles. The highest BCUT2D eigenvalue weighted by Crippen LogP contribution is 2.25. The molecule has 1 rings (SSSR count). The highest BCUT2D eigenvalue weighted by molar-refractivity contribution is 5.77. The Morgan fingerprint density at radius 1 is 1.42 bits per heavy atom. The third-order valence-corrected chi connectivity index (χ3v) is 2.44. The summed E-state index contributed by atoms with van der Waals surface area (Å²) in [6.45, 7) is 3.31. The lowest BCUT2D eigenvalue weighted by atomic mass is 10.2. The molecule has 1 aromatic heterocycles. The van der Waals surface area contributed by atoms with Gasteiger partial charge in [0.15, 0.2) is 0 Å². The largest absolute Gasteiger partial charge is 0.451 e. The monoisotopic (exact) mass is 280 g/mol. The summed E-state index contributed by atoms with van der Waals surface area (Å²) in [6, 6.07) is 0. The van der Waals surface area contributed by atoms with Crippen LogP contribution in [0.2, 0.25) is 0 Å². The zero-order valence-electron chi connectivity index (χ0n) is 10.8. The number of aromatic nitrogens is 3. The van der Waals surface area contributed by atoms with E-state index in [1.54, 1.807) is 13.8 Å².